The minimum atomic E-state index is -0.208. The number of hydrogen-bond acceptors (Lipinski definition) is 7. The van der Waals surface area contributed by atoms with Crippen LogP contribution in [0.25, 0.3) is 11.3 Å². The second-order valence-electron chi connectivity index (χ2n) is 7.92. The van der Waals surface area contributed by atoms with E-state index in [1.807, 2.05) is 73.0 Å². The van der Waals surface area contributed by atoms with Gasteiger partial charge in [-0.05, 0) is 58.6 Å². The van der Waals surface area contributed by atoms with Crippen LogP contribution in [-0.4, -0.2) is 29.5 Å². The molecule has 0 atom stereocenters. The van der Waals surface area contributed by atoms with E-state index in [4.69, 9.17) is 9.47 Å². The largest absolute Gasteiger partial charge is 0.490 e. The molecule has 0 aliphatic rings. The molecule has 1 aromatic heterocycles. The van der Waals surface area contributed by atoms with E-state index in [0.717, 1.165) is 31.2 Å². The van der Waals surface area contributed by atoms with Crippen molar-refractivity contribution in [2.75, 3.05) is 12.4 Å². The minimum Gasteiger partial charge on any atom is -0.490 e. The molecule has 37 heavy (non-hydrogen) atoms. The fraction of sp³-hybridized carbons (Fsp3) is 0.179. The normalized spacial score (nSPS) is 11.0. The number of nitrogens with one attached hydrogen (secondary N) is 1. The summed E-state index contributed by atoms with van der Waals surface area (Å²) in [6, 6.07) is 21.8. The Bertz CT molecular complexity index is 1380. The number of thiazole rings is 1. The number of thioether (sulfide) groups is 1. The van der Waals surface area contributed by atoms with Gasteiger partial charge in [-0.25, -0.2) is 10.4 Å². The van der Waals surface area contributed by atoms with E-state index < -0.39 is 0 Å². The average molecular weight is 597 g/mol. The molecule has 1 N–H and O–H groups in total. The highest BCUT2D eigenvalue weighted by Crippen LogP contribution is 2.37. The van der Waals surface area contributed by atoms with Gasteiger partial charge in [0.15, 0.2) is 15.8 Å². The summed E-state index contributed by atoms with van der Waals surface area (Å²) in [5.74, 6) is 1.24. The number of halogens is 1. The number of carbonyl (C=O) groups excluding carboxylic acids is 1. The summed E-state index contributed by atoms with van der Waals surface area (Å²) in [6.07, 6.45) is 1.58. The fourth-order valence-electron chi connectivity index (χ4n) is 3.39. The molecule has 1 amide bonds. The highest BCUT2D eigenvalue weighted by atomic mass is 79.9. The van der Waals surface area contributed by atoms with Crippen LogP contribution in [0.1, 0.15) is 23.6 Å². The lowest BCUT2D eigenvalue weighted by Gasteiger charge is -2.15. The van der Waals surface area contributed by atoms with Crippen LogP contribution in [0.4, 0.5) is 0 Å². The molecule has 190 valence electrons. The van der Waals surface area contributed by atoms with E-state index >= 15 is 0 Å². The van der Waals surface area contributed by atoms with Crippen molar-refractivity contribution in [3.63, 3.8) is 0 Å². The molecule has 0 aliphatic carbocycles. The van der Waals surface area contributed by atoms with Gasteiger partial charge in [0.25, 0.3) is 5.91 Å². The van der Waals surface area contributed by atoms with Crippen molar-refractivity contribution in [1.82, 2.24) is 10.4 Å². The van der Waals surface area contributed by atoms with Gasteiger partial charge < -0.3 is 9.47 Å². The second-order valence-corrected chi connectivity index (χ2v) is 10.9. The third-order valence-corrected chi connectivity index (χ3v) is 7.86. The Balaban J connectivity index is 1.33. The molecule has 4 rings (SSSR count). The van der Waals surface area contributed by atoms with E-state index in [-0.39, 0.29) is 11.7 Å². The molecule has 4 aromatic rings. The first-order valence-electron chi connectivity index (χ1n) is 11.6. The van der Waals surface area contributed by atoms with Crippen LogP contribution in [0.15, 0.2) is 86.0 Å². The van der Waals surface area contributed by atoms with Crippen molar-refractivity contribution in [3.8, 4) is 22.8 Å². The number of aromatic nitrogens is 1. The van der Waals surface area contributed by atoms with Gasteiger partial charge in [0.2, 0.25) is 0 Å². The van der Waals surface area contributed by atoms with Gasteiger partial charge >= 0.3 is 0 Å². The number of ether oxygens (including phenoxy) is 2. The van der Waals surface area contributed by atoms with Crippen LogP contribution in [0, 0.1) is 6.92 Å². The van der Waals surface area contributed by atoms with Gasteiger partial charge in [0.1, 0.15) is 6.61 Å². The molecule has 0 unspecified atom stereocenters. The van der Waals surface area contributed by atoms with E-state index in [0.29, 0.717) is 24.7 Å². The number of amides is 1. The number of benzene rings is 3. The number of aryl methyl sites for hydroxylation is 1. The minimum absolute atomic E-state index is 0.208. The fourth-order valence-corrected chi connectivity index (χ4v) is 5.59. The van der Waals surface area contributed by atoms with Crippen LogP contribution in [0.3, 0.4) is 0 Å². The molecular formula is C28H26BrN3O3S2. The van der Waals surface area contributed by atoms with Crippen molar-refractivity contribution in [2.45, 2.75) is 24.8 Å². The monoisotopic (exact) mass is 595 g/mol. The third kappa shape index (κ3) is 7.67. The van der Waals surface area contributed by atoms with Gasteiger partial charge in [0, 0.05) is 10.9 Å². The maximum absolute atomic E-state index is 12.3. The van der Waals surface area contributed by atoms with Gasteiger partial charge in [-0.3, -0.25) is 4.79 Å². The van der Waals surface area contributed by atoms with Crippen LogP contribution >= 0.6 is 39.0 Å². The molecular weight excluding hydrogens is 570 g/mol. The highest BCUT2D eigenvalue weighted by molar-refractivity contribution is 9.10. The number of carbonyl (C=O) groups is 1. The summed E-state index contributed by atoms with van der Waals surface area (Å²) in [5, 5.41) is 6.11. The Hall–Kier alpha value is -3.14. The molecule has 6 nitrogen and oxygen atoms in total. The lowest BCUT2D eigenvalue weighted by Crippen LogP contribution is -2.19. The molecule has 0 bridgehead atoms. The average Bonchev–Trinajstić information content (AvgIpc) is 3.38. The van der Waals surface area contributed by atoms with Crippen molar-refractivity contribution in [3.05, 3.63) is 93.3 Å². The van der Waals surface area contributed by atoms with Gasteiger partial charge in [-0.2, -0.15) is 5.10 Å². The van der Waals surface area contributed by atoms with Crippen LogP contribution in [0.5, 0.6) is 11.5 Å². The highest BCUT2D eigenvalue weighted by Gasteiger charge is 2.13. The molecule has 0 spiro atoms. The van der Waals surface area contributed by atoms with Crippen LogP contribution in [-0.2, 0) is 11.4 Å². The third-order valence-electron chi connectivity index (χ3n) is 5.25. The predicted octanol–water partition coefficient (Wildman–Crippen LogP) is 7.10. The maximum Gasteiger partial charge on any atom is 0.250 e. The SMILES string of the molecule is CCOc1cc(/C=N/NC(=O)CSc2nc(-c3ccccc3)cs2)cc(Br)c1OCc1ccccc1C. The first kappa shape index (κ1) is 26.9. The lowest BCUT2D eigenvalue weighted by molar-refractivity contribution is -0.118. The first-order valence-corrected chi connectivity index (χ1v) is 14.3. The Morgan fingerprint density at radius 1 is 1.14 bits per heavy atom. The van der Waals surface area contributed by atoms with E-state index in [1.165, 1.54) is 28.7 Å². The van der Waals surface area contributed by atoms with Crippen LogP contribution in [0.2, 0.25) is 0 Å². The van der Waals surface area contributed by atoms with Crippen molar-refractivity contribution < 1.29 is 14.3 Å². The molecule has 0 fully saturated rings. The Kier molecular flexibility index (Phi) is 9.76. The predicted molar refractivity (Wildman–Crippen MR) is 155 cm³/mol. The molecule has 3 aromatic carbocycles. The Labute approximate surface area is 233 Å². The molecule has 0 saturated heterocycles. The zero-order chi connectivity index (χ0) is 26.0. The molecule has 9 heteroatoms. The number of hydrazone groups is 1. The summed E-state index contributed by atoms with van der Waals surface area (Å²) >= 11 is 6.49. The second kappa shape index (κ2) is 13.4. The molecule has 0 saturated carbocycles. The topological polar surface area (TPSA) is 72.8 Å². The summed E-state index contributed by atoms with van der Waals surface area (Å²) in [4.78, 5) is 16.9. The van der Waals surface area contributed by atoms with E-state index in [2.05, 4.69) is 44.4 Å². The zero-order valence-electron chi connectivity index (χ0n) is 20.4. The van der Waals surface area contributed by atoms with Crippen molar-refractivity contribution in [2.24, 2.45) is 5.10 Å². The van der Waals surface area contributed by atoms with Crippen molar-refractivity contribution >= 4 is 51.2 Å². The van der Waals surface area contributed by atoms with E-state index in [1.54, 1.807) is 6.21 Å². The van der Waals surface area contributed by atoms with Gasteiger partial charge in [0.05, 0.1) is 28.7 Å². The van der Waals surface area contributed by atoms with Gasteiger partial charge in [-0.1, -0.05) is 66.4 Å². The lowest BCUT2D eigenvalue weighted by atomic mass is 10.1. The van der Waals surface area contributed by atoms with Gasteiger partial charge in [-0.15, -0.1) is 11.3 Å². The summed E-state index contributed by atoms with van der Waals surface area (Å²) in [7, 11) is 0. The summed E-state index contributed by atoms with van der Waals surface area (Å²) in [6.45, 7) is 4.90. The maximum atomic E-state index is 12.3. The number of rotatable bonds is 11. The molecule has 0 aliphatic heterocycles. The quantitative estimate of drug-likeness (QED) is 0.114. The standard InChI is InChI=1S/C28H26BrN3O3S2/c1-3-34-25-14-20(13-23(29)27(25)35-16-22-12-8-7-9-19(22)2)15-30-32-26(33)18-37-28-31-24(17-36-28)21-10-5-4-6-11-21/h4-15,17H,3,16,18H2,1-2H3,(H,32,33)/b30-15+. The van der Waals surface area contributed by atoms with E-state index in [9.17, 15) is 4.79 Å². The Morgan fingerprint density at radius 3 is 2.70 bits per heavy atom. The summed E-state index contributed by atoms with van der Waals surface area (Å²) < 4.78 is 13.5. The first-order chi connectivity index (χ1) is 18.0. The zero-order valence-corrected chi connectivity index (χ0v) is 23.7. The molecule has 1 heterocycles. The smallest absolute Gasteiger partial charge is 0.250 e. The van der Waals surface area contributed by atoms with Crippen molar-refractivity contribution in [1.29, 1.82) is 0 Å². The molecule has 0 radical (unpaired) electrons. The number of nitrogens with zero attached hydrogens (tertiary/aromatic N) is 2. The van der Waals surface area contributed by atoms with Crippen LogP contribution < -0.4 is 14.9 Å². The Morgan fingerprint density at radius 2 is 1.92 bits per heavy atom. The number of hydrogen-bond donors (Lipinski definition) is 1. The summed E-state index contributed by atoms with van der Waals surface area (Å²) in [5.41, 5.74) is 7.59.